The van der Waals surface area contributed by atoms with Gasteiger partial charge in [0.1, 0.15) is 0 Å². The molecule has 0 saturated heterocycles. The molecule has 0 heterocycles. The van der Waals surface area contributed by atoms with Crippen LogP contribution in [0.3, 0.4) is 0 Å². The maximum absolute atomic E-state index is 11.4. The number of hydrogen-bond acceptors (Lipinski definition) is 5. The molecule has 0 aromatic carbocycles. The topological polar surface area (TPSA) is 68.2 Å². The Morgan fingerprint density at radius 2 is 1.76 bits per heavy atom. The van der Waals surface area contributed by atoms with Crippen LogP contribution in [0.25, 0.3) is 0 Å². The zero-order chi connectivity index (χ0) is 13.1. The van der Waals surface area contributed by atoms with E-state index in [4.69, 9.17) is 13.9 Å². The lowest BCUT2D eigenvalue weighted by Gasteiger charge is -2.20. The zero-order valence-corrected chi connectivity index (χ0v) is 11.8. The fourth-order valence-corrected chi connectivity index (χ4v) is 1.94. The molecular formula is C10H24NO5P. The molecule has 0 saturated carbocycles. The maximum atomic E-state index is 11.4. The summed E-state index contributed by atoms with van der Waals surface area (Å²) in [6, 6.07) is 0. The van der Waals surface area contributed by atoms with Gasteiger partial charge in [0.05, 0.1) is 13.2 Å². The van der Waals surface area contributed by atoms with E-state index in [0.29, 0.717) is 26.3 Å². The van der Waals surface area contributed by atoms with E-state index in [1.54, 1.807) is 0 Å². The molecule has 1 atom stereocenters. The van der Waals surface area contributed by atoms with Crippen molar-refractivity contribution < 1.29 is 23.3 Å². The van der Waals surface area contributed by atoms with Crippen molar-refractivity contribution in [2.75, 3.05) is 32.9 Å². The number of rotatable bonds is 11. The van der Waals surface area contributed by atoms with Gasteiger partial charge in [0, 0.05) is 19.7 Å². The minimum atomic E-state index is -3.99. The van der Waals surface area contributed by atoms with Crippen LogP contribution in [0.1, 0.15) is 33.6 Å². The van der Waals surface area contributed by atoms with E-state index in [1.165, 1.54) is 5.06 Å². The number of phosphoric ester groups is 1. The number of unbranched alkanes of at least 4 members (excludes halogenated alkanes) is 1. The van der Waals surface area contributed by atoms with E-state index in [-0.39, 0.29) is 6.61 Å². The standard InChI is InChI=1S/C10H24NO5P/c1-4-7-8-14-9-10-15-17(12,13)16-11(5-2)6-3/h4-10H2,1-3H3,(H,12,13). The summed E-state index contributed by atoms with van der Waals surface area (Å²) in [5, 5.41) is 1.37. The Kier molecular flexibility index (Phi) is 10.0. The van der Waals surface area contributed by atoms with Crippen LogP contribution in [0.15, 0.2) is 0 Å². The lowest BCUT2D eigenvalue weighted by atomic mass is 10.4. The highest BCUT2D eigenvalue weighted by molar-refractivity contribution is 7.47. The Balaban J connectivity index is 3.67. The highest BCUT2D eigenvalue weighted by Gasteiger charge is 2.24. The summed E-state index contributed by atoms with van der Waals surface area (Å²) in [4.78, 5) is 9.36. The molecule has 0 bridgehead atoms. The molecule has 0 fully saturated rings. The van der Waals surface area contributed by atoms with Crippen molar-refractivity contribution in [2.24, 2.45) is 0 Å². The van der Waals surface area contributed by atoms with Gasteiger partial charge in [0.25, 0.3) is 0 Å². The van der Waals surface area contributed by atoms with E-state index in [1.807, 2.05) is 13.8 Å². The molecule has 7 heteroatoms. The molecule has 1 N–H and O–H groups in total. The van der Waals surface area contributed by atoms with Gasteiger partial charge in [-0.2, -0.15) is 9.69 Å². The first-order valence-electron chi connectivity index (χ1n) is 6.05. The molecule has 0 radical (unpaired) electrons. The Hall–Kier alpha value is 0.0300. The fraction of sp³-hybridized carbons (Fsp3) is 1.00. The van der Waals surface area contributed by atoms with E-state index in [2.05, 4.69) is 6.92 Å². The van der Waals surface area contributed by atoms with Gasteiger partial charge >= 0.3 is 7.82 Å². The third-order valence-electron chi connectivity index (χ3n) is 2.05. The van der Waals surface area contributed by atoms with Crippen LogP contribution in [0.2, 0.25) is 0 Å². The smallest absolute Gasteiger partial charge is 0.379 e. The van der Waals surface area contributed by atoms with Gasteiger partial charge in [0.15, 0.2) is 0 Å². The van der Waals surface area contributed by atoms with Crippen LogP contribution in [-0.2, 0) is 18.5 Å². The predicted molar refractivity (Wildman–Crippen MR) is 65.5 cm³/mol. The van der Waals surface area contributed by atoms with E-state index < -0.39 is 7.82 Å². The minimum Gasteiger partial charge on any atom is -0.379 e. The molecule has 0 aliphatic carbocycles. The average molecular weight is 269 g/mol. The number of hydrogen-bond donors (Lipinski definition) is 1. The fourth-order valence-electron chi connectivity index (χ4n) is 1.07. The van der Waals surface area contributed by atoms with E-state index in [0.717, 1.165) is 12.8 Å². The Morgan fingerprint density at radius 1 is 1.12 bits per heavy atom. The molecular weight excluding hydrogens is 245 g/mol. The van der Waals surface area contributed by atoms with Gasteiger partial charge in [-0.25, -0.2) is 4.57 Å². The van der Waals surface area contributed by atoms with Crippen LogP contribution in [0.4, 0.5) is 0 Å². The molecule has 0 spiro atoms. The second-order valence-electron chi connectivity index (χ2n) is 3.46. The molecule has 0 aliphatic heterocycles. The quantitative estimate of drug-likeness (QED) is 0.352. The maximum Gasteiger partial charge on any atom is 0.489 e. The van der Waals surface area contributed by atoms with Crippen LogP contribution >= 0.6 is 7.82 Å². The van der Waals surface area contributed by atoms with Gasteiger partial charge in [-0.05, 0) is 6.42 Å². The molecule has 0 rings (SSSR count). The normalized spacial score (nSPS) is 15.1. The Bertz CT molecular complexity index is 223. The molecule has 6 nitrogen and oxygen atoms in total. The summed E-state index contributed by atoms with van der Waals surface area (Å²) in [5.74, 6) is 0. The predicted octanol–water partition coefficient (Wildman–Crippen LogP) is 2.19. The lowest BCUT2D eigenvalue weighted by molar-refractivity contribution is -0.0808. The number of ether oxygens (including phenoxy) is 1. The summed E-state index contributed by atoms with van der Waals surface area (Å²) >= 11 is 0. The van der Waals surface area contributed by atoms with Crippen molar-refractivity contribution in [3.8, 4) is 0 Å². The summed E-state index contributed by atoms with van der Waals surface area (Å²) in [6.45, 7) is 7.78. The number of nitrogens with zero attached hydrogens (tertiary/aromatic N) is 1. The van der Waals surface area contributed by atoms with Gasteiger partial charge in [-0.15, -0.1) is 0 Å². The third kappa shape index (κ3) is 9.71. The highest BCUT2D eigenvalue weighted by atomic mass is 31.2. The first-order chi connectivity index (χ1) is 8.05. The number of hydroxylamine groups is 2. The summed E-state index contributed by atoms with van der Waals surface area (Å²) in [5.41, 5.74) is 0. The van der Waals surface area contributed by atoms with Crippen molar-refractivity contribution >= 4 is 7.82 Å². The van der Waals surface area contributed by atoms with Gasteiger partial charge in [-0.3, -0.25) is 4.52 Å². The SMILES string of the molecule is CCCCOCCOP(=O)(O)ON(CC)CC. The largest absolute Gasteiger partial charge is 0.489 e. The van der Waals surface area contributed by atoms with Crippen molar-refractivity contribution in [3.63, 3.8) is 0 Å². The Morgan fingerprint density at radius 3 is 2.29 bits per heavy atom. The van der Waals surface area contributed by atoms with Crippen LogP contribution in [-0.4, -0.2) is 42.9 Å². The van der Waals surface area contributed by atoms with Crippen LogP contribution in [0, 0.1) is 0 Å². The number of phosphoric acid groups is 1. The van der Waals surface area contributed by atoms with E-state index >= 15 is 0 Å². The molecule has 1 unspecified atom stereocenters. The monoisotopic (exact) mass is 269 g/mol. The molecule has 0 aromatic rings. The molecule has 0 aliphatic rings. The first-order valence-corrected chi connectivity index (χ1v) is 7.55. The first kappa shape index (κ1) is 17.0. The summed E-state index contributed by atoms with van der Waals surface area (Å²) in [6.07, 6.45) is 2.04. The molecule has 17 heavy (non-hydrogen) atoms. The molecule has 0 amide bonds. The molecule has 104 valence electrons. The van der Waals surface area contributed by atoms with Crippen LogP contribution in [0.5, 0.6) is 0 Å². The van der Waals surface area contributed by atoms with Gasteiger partial charge < -0.3 is 9.63 Å². The third-order valence-corrected chi connectivity index (χ3v) is 2.99. The summed E-state index contributed by atoms with van der Waals surface area (Å²) in [7, 11) is -3.99. The Labute approximate surface area is 103 Å². The van der Waals surface area contributed by atoms with E-state index in [9.17, 15) is 9.46 Å². The van der Waals surface area contributed by atoms with Crippen molar-refractivity contribution in [2.45, 2.75) is 33.6 Å². The van der Waals surface area contributed by atoms with Crippen molar-refractivity contribution in [1.29, 1.82) is 0 Å². The lowest BCUT2D eigenvalue weighted by Crippen LogP contribution is -2.22. The average Bonchev–Trinajstić information content (AvgIpc) is 2.30. The minimum absolute atomic E-state index is 0.0543. The van der Waals surface area contributed by atoms with Crippen LogP contribution < -0.4 is 0 Å². The summed E-state index contributed by atoms with van der Waals surface area (Å²) < 4.78 is 26.2. The van der Waals surface area contributed by atoms with Gasteiger partial charge in [0.2, 0.25) is 0 Å². The van der Waals surface area contributed by atoms with Crippen molar-refractivity contribution in [1.82, 2.24) is 5.06 Å². The second kappa shape index (κ2) is 10.00. The zero-order valence-electron chi connectivity index (χ0n) is 10.9. The van der Waals surface area contributed by atoms with Gasteiger partial charge in [-0.1, -0.05) is 27.2 Å². The highest BCUT2D eigenvalue weighted by Crippen LogP contribution is 2.43. The second-order valence-corrected chi connectivity index (χ2v) is 4.82. The van der Waals surface area contributed by atoms with Crippen molar-refractivity contribution in [3.05, 3.63) is 0 Å². The molecule has 0 aromatic heterocycles.